The molecule has 2 aromatic carbocycles. The number of carbonyl (C=O) groups is 1. The van der Waals surface area contributed by atoms with Gasteiger partial charge in [0.1, 0.15) is 12.3 Å². The maximum Gasteiger partial charge on any atom is 0.241 e. The quantitative estimate of drug-likeness (QED) is 0.818. The molecule has 0 heterocycles. The number of hydrogen-bond acceptors (Lipinski definition) is 4. The number of anilines is 1. The average Bonchev–Trinajstić information content (AvgIpc) is 2.58. The van der Waals surface area contributed by atoms with Gasteiger partial charge in [-0.05, 0) is 24.6 Å². The van der Waals surface area contributed by atoms with Crippen molar-refractivity contribution in [2.24, 2.45) is 0 Å². The molecule has 0 aliphatic carbocycles. The van der Waals surface area contributed by atoms with E-state index in [-0.39, 0.29) is 19.0 Å². The van der Waals surface area contributed by atoms with E-state index in [2.05, 4.69) is 5.32 Å². The van der Waals surface area contributed by atoms with E-state index in [9.17, 15) is 13.2 Å². The van der Waals surface area contributed by atoms with Gasteiger partial charge in [-0.3, -0.25) is 9.10 Å². The Morgan fingerprint density at radius 1 is 1.12 bits per heavy atom. The summed E-state index contributed by atoms with van der Waals surface area (Å²) in [6.07, 6.45) is 1.09. The van der Waals surface area contributed by atoms with Gasteiger partial charge in [0, 0.05) is 12.1 Å². The first-order valence-corrected chi connectivity index (χ1v) is 9.59. The van der Waals surface area contributed by atoms with Gasteiger partial charge in [0.2, 0.25) is 15.9 Å². The summed E-state index contributed by atoms with van der Waals surface area (Å²) in [6, 6.07) is 14.4. The van der Waals surface area contributed by atoms with E-state index in [1.807, 2.05) is 24.3 Å². The SMILES string of the molecule is COc1ccccc1CNC(=O)CN(c1ccccc1C)S(C)(=O)=O. The minimum atomic E-state index is -3.58. The molecule has 0 aliphatic rings. The number of sulfonamides is 1. The van der Waals surface area contributed by atoms with E-state index < -0.39 is 10.0 Å². The maximum atomic E-state index is 12.3. The van der Waals surface area contributed by atoms with Crippen LogP contribution in [0, 0.1) is 6.92 Å². The number of nitrogens with zero attached hydrogens (tertiary/aromatic N) is 1. The van der Waals surface area contributed by atoms with Crippen molar-refractivity contribution in [1.29, 1.82) is 0 Å². The van der Waals surface area contributed by atoms with Gasteiger partial charge in [-0.15, -0.1) is 0 Å². The number of para-hydroxylation sites is 2. The molecular formula is C18H22N2O4S. The molecule has 134 valence electrons. The van der Waals surface area contributed by atoms with Crippen LogP contribution in [0.5, 0.6) is 5.75 Å². The molecule has 2 aromatic rings. The normalized spacial score (nSPS) is 11.0. The van der Waals surface area contributed by atoms with E-state index >= 15 is 0 Å². The molecule has 0 aromatic heterocycles. The average molecular weight is 362 g/mol. The first-order chi connectivity index (χ1) is 11.8. The summed E-state index contributed by atoms with van der Waals surface area (Å²) in [6.45, 7) is 1.79. The van der Waals surface area contributed by atoms with Crippen molar-refractivity contribution >= 4 is 21.6 Å². The van der Waals surface area contributed by atoms with Crippen LogP contribution >= 0.6 is 0 Å². The largest absolute Gasteiger partial charge is 0.496 e. The van der Waals surface area contributed by atoms with Gasteiger partial charge in [-0.1, -0.05) is 36.4 Å². The molecular weight excluding hydrogens is 340 g/mol. The Kier molecular flexibility index (Phi) is 6.03. The number of carbonyl (C=O) groups excluding carboxylic acids is 1. The van der Waals surface area contributed by atoms with Gasteiger partial charge >= 0.3 is 0 Å². The van der Waals surface area contributed by atoms with E-state index in [0.717, 1.165) is 21.7 Å². The van der Waals surface area contributed by atoms with Crippen molar-refractivity contribution in [1.82, 2.24) is 5.32 Å². The summed E-state index contributed by atoms with van der Waals surface area (Å²) >= 11 is 0. The van der Waals surface area contributed by atoms with Crippen molar-refractivity contribution < 1.29 is 17.9 Å². The van der Waals surface area contributed by atoms with Gasteiger partial charge < -0.3 is 10.1 Å². The number of benzene rings is 2. The Morgan fingerprint density at radius 2 is 1.76 bits per heavy atom. The zero-order valence-electron chi connectivity index (χ0n) is 14.5. The standard InChI is InChI=1S/C18H22N2O4S/c1-14-8-4-6-10-16(14)20(25(3,22)23)13-18(21)19-12-15-9-5-7-11-17(15)24-2/h4-11H,12-13H2,1-3H3,(H,19,21). The number of ether oxygens (including phenoxy) is 1. The second kappa shape index (κ2) is 8.02. The van der Waals surface area contributed by atoms with Crippen LogP contribution < -0.4 is 14.4 Å². The summed E-state index contributed by atoms with van der Waals surface area (Å²) in [7, 11) is -2.02. The fourth-order valence-electron chi connectivity index (χ4n) is 2.45. The van der Waals surface area contributed by atoms with Crippen LogP contribution in [0.2, 0.25) is 0 Å². The second-order valence-electron chi connectivity index (χ2n) is 5.64. The zero-order chi connectivity index (χ0) is 18.4. The topological polar surface area (TPSA) is 75.7 Å². The Morgan fingerprint density at radius 3 is 2.40 bits per heavy atom. The highest BCUT2D eigenvalue weighted by Gasteiger charge is 2.22. The Balaban J connectivity index is 2.12. The van der Waals surface area contributed by atoms with Crippen LogP contribution in [-0.4, -0.2) is 34.2 Å². The van der Waals surface area contributed by atoms with Crippen LogP contribution in [0.25, 0.3) is 0 Å². The number of amides is 1. The van der Waals surface area contributed by atoms with Crippen molar-refractivity contribution in [3.05, 3.63) is 59.7 Å². The van der Waals surface area contributed by atoms with E-state index in [4.69, 9.17) is 4.74 Å². The van der Waals surface area contributed by atoms with E-state index in [1.165, 1.54) is 0 Å². The molecule has 0 bridgehead atoms. The van der Waals surface area contributed by atoms with Gasteiger partial charge in [0.15, 0.2) is 0 Å². The lowest BCUT2D eigenvalue weighted by Gasteiger charge is -2.23. The maximum absolute atomic E-state index is 12.3. The molecule has 0 fully saturated rings. The summed E-state index contributed by atoms with van der Waals surface area (Å²) in [5, 5.41) is 2.74. The number of rotatable bonds is 7. The first-order valence-electron chi connectivity index (χ1n) is 7.75. The van der Waals surface area contributed by atoms with Crippen molar-refractivity contribution in [3.63, 3.8) is 0 Å². The lowest BCUT2D eigenvalue weighted by molar-refractivity contribution is -0.119. The monoisotopic (exact) mass is 362 g/mol. The first kappa shape index (κ1) is 18.8. The predicted octanol–water partition coefficient (Wildman–Crippen LogP) is 2.09. The summed E-state index contributed by atoms with van der Waals surface area (Å²) < 4.78 is 30.6. The summed E-state index contributed by atoms with van der Waals surface area (Å²) in [5.74, 6) is 0.279. The number of aryl methyl sites for hydroxylation is 1. The lowest BCUT2D eigenvalue weighted by Crippen LogP contribution is -2.40. The summed E-state index contributed by atoms with van der Waals surface area (Å²) in [4.78, 5) is 12.3. The minimum Gasteiger partial charge on any atom is -0.496 e. The molecule has 0 atom stereocenters. The van der Waals surface area contributed by atoms with Gasteiger partial charge in [0.05, 0.1) is 19.1 Å². The molecule has 0 radical (unpaired) electrons. The van der Waals surface area contributed by atoms with Crippen LogP contribution in [-0.2, 0) is 21.4 Å². The minimum absolute atomic E-state index is 0.258. The van der Waals surface area contributed by atoms with Gasteiger partial charge in [-0.25, -0.2) is 8.42 Å². The smallest absolute Gasteiger partial charge is 0.241 e. The van der Waals surface area contributed by atoms with Crippen molar-refractivity contribution in [2.75, 3.05) is 24.2 Å². The Bertz CT molecular complexity index is 850. The van der Waals surface area contributed by atoms with E-state index in [0.29, 0.717) is 11.4 Å². The van der Waals surface area contributed by atoms with E-state index in [1.54, 1.807) is 38.3 Å². The molecule has 0 unspecified atom stereocenters. The third-order valence-corrected chi connectivity index (χ3v) is 4.87. The van der Waals surface area contributed by atoms with Crippen LogP contribution in [0.15, 0.2) is 48.5 Å². The van der Waals surface area contributed by atoms with Crippen LogP contribution in [0.3, 0.4) is 0 Å². The van der Waals surface area contributed by atoms with Crippen molar-refractivity contribution in [3.8, 4) is 5.75 Å². The third-order valence-electron chi connectivity index (χ3n) is 3.74. The number of methoxy groups -OCH3 is 1. The Hall–Kier alpha value is -2.54. The number of hydrogen-bond donors (Lipinski definition) is 1. The van der Waals surface area contributed by atoms with Gasteiger partial charge in [-0.2, -0.15) is 0 Å². The zero-order valence-corrected chi connectivity index (χ0v) is 15.3. The fourth-order valence-corrected chi connectivity index (χ4v) is 3.37. The molecule has 0 spiro atoms. The third kappa shape index (κ3) is 4.96. The molecule has 0 saturated carbocycles. The molecule has 6 nitrogen and oxygen atoms in total. The Labute approximate surface area is 148 Å². The molecule has 25 heavy (non-hydrogen) atoms. The second-order valence-corrected chi connectivity index (χ2v) is 7.55. The fraction of sp³-hybridized carbons (Fsp3) is 0.278. The molecule has 1 N–H and O–H groups in total. The highest BCUT2D eigenvalue weighted by molar-refractivity contribution is 7.92. The number of nitrogens with one attached hydrogen (secondary N) is 1. The van der Waals surface area contributed by atoms with Crippen LogP contribution in [0.1, 0.15) is 11.1 Å². The molecule has 1 amide bonds. The predicted molar refractivity (Wildman–Crippen MR) is 98.2 cm³/mol. The van der Waals surface area contributed by atoms with Crippen molar-refractivity contribution in [2.45, 2.75) is 13.5 Å². The molecule has 2 rings (SSSR count). The van der Waals surface area contributed by atoms with Crippen LogP contribution in [0.4, 0.5) is 5.69 Å². The molecule has 7 heteroatoms. The summed E-state index contributed by atoms with van der Waals surface area (Å²) in [5.41, 5.74) is 2.10. The highest BCUT2D eigenvalue weighted by atomic mass is 32.2. The highest BCUT2D eigenvalue weighted by Crippen LogP contribution is 2.22. The van der Waals surface area contributed by atoms with Gasteiger partial charge in [0.25, 0.3) is 0 Å². The lowest BCUT2D eigenvalue weighted by atomic mass is 10.2. The molecule has 0 aliphatic heterocycles. The molecule has 0 saturated heterocycles.